The molecule has 9 nitrogen and oxygen atoms in total. The molecule has 0 bridgehead atoms. The monoisotopic (exact) mass is 306 g/mol. The average Bonchev–Trinajstić information content (AvgIpc) is 2.36. The smallest absolute Gasteiger partial charge is 1.00 e. The maximum absolute atomic E-state index is 11.3. The van der Waals surface area contributed by atoms with Crippen molar-refractivity contribution in [3.8, 4) is 0 Å². The van der Waals surface area contributed by atoms with Crippen LogP contribution in [0.4, 0.5) is 0 Å². The zero-order chi connectivity index (χ0) is 14.7. The van der Waals surface area contributed by atoms with Crippen LogP contribution in [0.1, 0.15) is 15.7 Å². The zero-order valence-electron chi connectivity index (χ0n) is 12.5. The first kappa shape index (κ1) is 19.5. The normalized spacial score (nSPS) is 36.9. The SMILES string of the molecule is O=C(O)CCC(=O)OC1[C@@H](O)[C@H](O)C(O)[C@H](O)[C@@H]1O.[H-].[H-].[Mg+2]. The number of ether oxygens (including phenoxy) is 1. The second kappa shape index (κ2) is 8.07. The number of carbonyl (C=O) groups excluding carboxylic acids is 1. The number of aliphatic hydroxyl groups is 5. The van der Waals surface area contributed by atoms with Gasteiger partial charge in [-0.1, -0.05) is 0 Å². The Bertz CT molecular complexity index is 343. The van der Waals surface area contributed by atoms with Gasteiger partial charge in [-0.3, -0.25) is 9.59 Å². The summed E-state index contributed by atoms with van der Waals surface area (Å²) in [5.74, 6) is -2.24. The molecule has 0 heterocycles. The molecule has 6 atom stereocenters. The van der Waals surface area contributed by atoms with Gasteiger partial charge in [-0.25, -0.2) is 0 Å². The van der Waals surface area contributed by atoms with Gasteiger partial charge >= 0.3 is 35.0 Å². The third-order valence-electron chi connectivity index (χ3n) is 2.88. The van der Waals surface area contributed by atoms with Gasteiger partial charge in [0, 0.05) is 0 Å². The molecule has 1 fully saturated rings. The predicted octanol–water partition coefficient (Wildman–Crippen LogP) is -3.57. The third kappa shape index (κ3) is 4.51. The quantitative estimate of drug-likeness (QED) is 0.227. The Morgan fingerprint density at radius 2 is 1.25 bits per heavy atom. The Morgan fingerprint density at radius 3 is 1.65 bits per heavy atom. The fourth-order valence-corrected chi connectivity index (χ4v) is 1.76. The molecule has 2 unspecified atom stereocenters. The van der Waals surface area contributed by atoms with Crippen LogP contribution in [-0.4, -0.2) is 102 Å². The Kier molecular flexibility index (Phi) is 7.87. The maximum Gasteiger partial charge on any atom is 2.00 e. The van der Waals surface area contributed by atoms with E-state index in [2.05, 4.69) is 4.74 Å². The fraction of sp³-hybridized carbons (Fsp3) is 0.800. The summed E-state index contributed by atoms with van der Waals surface area (Å²) in [4.78, 5) is 21.5. The number of hydrogen-bond donors (Lipinski definition) is 6. The summed E-state index contributed by atoms with van der Waals surface area (Å²) in [6, 6.07) is 0. The van der Waals surface area contributed by atoms with Crippen molar-refractivity contribution in [3.05, 3.63) is 0 Å². The van der Waals surface area contributed by atoms with Crippen LogP contribution in [-0.2, 0) is 14.3 Å². The van der Waals surface area contributed by atoms with Crippen molar-refractivity contribution in [2.75, 3.05) is 0 Å². The first-order valence-corrected chi connectivity index (χ1v) is 5.57. The second-order valence-corrected chi connectivity index (χ2v) is 4.30. The van der Waals surface area contributed by atoms with Crippen molar-refractivity contribution in [2.45, 2.75) is 49.5 Å². The maximum atomic E-state index is 11.3. The summed E-state index contributed by atoms with van der Waals surface area (Å²) < 4.78 is 4.62. The number of carboxylic acids is 1. The molecule has 1 saturated carbocycles. The number of aliphatic carboxylic acids is 1. The van der Waals surface area contributed by atoms with Gasteiger partial charge in [0.25, 0.3) is 0 Å². The zero-order valence-corrected chi connectivity index (χ0v) is 11.9. The van der Waals surface area contributed by atoms with Crippen LogP contribution < -0.4 is 0 Å². The number of rotatable bonds is 4. The van der Waals surface area contributed by atoms with Gasteiger partial charge in [0.1, 0.15) is 30.5 Å². The molecule has 1 aliphatic rings. The van der Waals surface area contributed by atoms with E-state index in [1.807, 2.05) is 0 Å². The summed E-state index contributed by atoms with van der Waals surface area (Å²) in [6.45, 7) is 0. The van der Waals surface area contributed by atoms with Crippen molar-refractivity contribution in [1.29, 1.82) is 0 Å². The van der Waals surface area contributed by atoms with Crippen LogP contribution in [0.5, 0.6) is 0 Å². The van der Waals surface area contributed by atoms with Crippen molar-refractivity contribution < 1.29 is 47.8 Å². The molecule has 0 aromatic rings. The Hall–Kier alpha value is -0.494. The summed E-state index contributed by atoms with van der Waals surface area (Å²) in [5.41, 5.74) is 0. The minimum atomic E-state index is -1.80. The van der Waals surface area contributed by atoms with E-state index in [0.717, 1.165) is 0 Å². The van der Waals surface area contributed by atoms with E-state index in [-0.39, 0.29) is 25.9 Å². The Morgan fingerprint density at radius 1 is 0.850 bits per heavy atom. The van der Waals surface area contributed by atoms with Gasteiger partial charge in [0.2, 0.25) is 0 Å². The predicted molar refractivity (Wildman–Crippen MR) is 64.8 cm³/mol. The fourth-order valence-electron chi connectivity index (χ4n) is 1.76. The summed E-state index contributed by atoms with van der Waals surface area (Å²) in [6.07, 6.45) is -11.6. The van der Waals surface area contributed by atoms with E-state index in [0.29, 0.717) is 0 Å². The first-order valence-electron chi connectivity index (χ1n) is 5.57. The number of aliphatic hydroxyl groups excluding tert-OH is 5. The molecule has 6 N–H and O–H groups in total. The average molecular weight is 307 g/mol. The molecule has 1 aliphatic carbocycles. The van der Waals surface area contributed by atoms with Crippen LogP contribution in [0.2, 0.25) is 0 Å². The van der Waals surface area contributed by atoms with Gasteiger partial charge in [-0.05, 0) is 0 Å². The van der Waals surface area contributed by atoms with E-state index in [4.69, 9.17) is 5.11 Å². The van der Waals surface area contributed by atoms with Crippen LogP contribution >= 0.6 is 0 Å². The molecule has 10 heteroatoms. The van der Waals surface area contributed by atoms with Gasteiger partial charge in [-0.15, -0.1) is 0 Å². The molecule has 0 spiro atoms. The Balaban J connectivity index is -0.00000120. The molecule has 114 valence electrons. The van der Waals surface area contributed by atoms with Gasteiger partial charge in [0.05, 0.1) is 12.8 Å². The molecule has 0 saturated heterocycles. The standard InChI is InChI=1S/C10H16O9.Mg.2H/c11-3(12)1-2-4(13)19-10-8(17)6(15)5(14)7(16)9(10)18;;;/h5-10,14-18H,1-2H2,(H,11,12);;;/q;+2;2*-1/t5?,6-,7+,8-,9-,10?;;;/m0.../s1. The molecule has 20 heavy (non-hydrogen) atoms. The van der Waals surface area contributed by atoms with E-state index < -0.39 is 61.4 Å². The molecule has 0 amide bonds. The van der Waals surface area contributed by atoms with E-state index in [1.165, 1.54) is 0 Å². The Labute approximate surface area is 132 Å². The molecule has 0 aromatic carbocycles. The summed E-state index contributed by atoms with van der Waals surface area (Å²) >= 11 is 0. The number of carboxylic acid groups (broad SMARTS) is 1. The van der Waals surface area contributed by atoms with Gasteiger partial charge in [0.15, 0.2) is 6.10 Å². The van der Waals surface area contributed by atoms with Crippen molar-refractivity contribution in [3.63, 3.8) is 0 Å². The summed E-state index contributed by atoms with van der Waals surface area (Å²) in [5, 5.41) is 55.5. The van der Waals surface area contributed by atoms with E-state index in [1.54, 1.807) is 0 Å². The van der Waals surface area contributed by atoms with Crippen molar-refractivity contribution in [1.82, 2.24) is 0 Å². The minimum absolute atomic E-state index is 0. The minimum Gasteiger partial charge on any atom is -1.00 e. The van der Waals surface area contributed by atoms with E-state index in [9.17, 15) is 35.1 Å². The van der Waals surface area contributed by atoms with Gasteiger partial charge in [-0.2, -0.15) is 0 Å². The van der Waals surface area contributed by atoms with Crippen LogP contribution in [0.25, 0.3) is 0 Å². The van der Waals surface area contributed by atoms with Crippen LogP contribution in [0, 0.1) is 0 Å². The molecular formula is C10H18MgO9. The largest absolute Gasteiger partial charge is 2.00 e. The van der Waals surface area contributed by atoms with Gasteiger partial charge < -0.3 is 38.2 Å². The number of esters is 1. The third-order valence-corrected chi connectivity index (χ3v) is 2.88. The first-order chi connectivity index (χ1) is 8.75. The van der Waals surface area contributed by atoms with E-state index >= 15 is 0 Å². The molecule has 0 aromatic heterocycles. The second-order valence-electron chi connectivity index (χ2n) is 4.30. The molecular weight excluding hydrogens is 288 g/mol. The summed E-state index contributed by atoms with van der Waals surface area (Å²) in [7, 11) is 0. The number of carbonyl (C=O) groups is 2. The number of hydrogen-bond acceptors (Lipinski definition) is 8. The molecule has 0 aliphatic heterocycles. The van der Waals surface area contributed by atoms with Crippen LogP contribution in [0.15, 0.2) is 0 Å². The topological polar surface area (TPSA) is 165 Å². The molecule has 1 rings (SSSR count). The molecule has 0 radical (unpaired) electrons. The van der Waals surface area contributed by atoms with Crippen molar-refractivity contribution in [2.24, 2.45) is 0 Å². The van der Waals surface area contributed by atoms with Crippen molar-refractivity contribution >= 4 is 35.0 Å². The van der Waals surface area contributed by atoms with Crippen LogP contribution in [0.3, 0.4) is 0 Å².